The maximum atomic E-state index is 12.6. The topological polar surface area (TPSA) is 104 Å². The average molecular weight is 416 g/mol. The van der Waals surface area contributed by atoms with E-state index in [0.717, 1.165) is 16.5 Å². The van der Waals surface area contributed by atoms with E-state index in [1.165, 1.54) is 0 Å². The zero-order valence-electron chi connectivity index (χ0n) is 17.9. The quantitative estimate of drug-likeness (QED) is 0.560. The van der Waals surface area contributed by atoms with E-state index in [1.807, 2.05) is 38.1 Å². The van der Waals surface area contributed by atoms with Crippen LogP contribution in [0.5, 0.6) is 0 Å². The minimum atomic E-state index is -1.14. The van der Waals surface area contributed by atoms with Gasteiger partial charge in [0.05, 0.1) is 12.1 Å². The summed E-state index contributed by atoms with van der Waals surface area (Å²) in [7, 11) is 0. The summed E-state index contributed by atoms with van der Waals surface area (Å²) in [5.41, 5.74) is 0.811. The number of benzene rings is 1. The molecule has 1 heterocycles. The van der Waals surface area contributed by atoms with Gasteiger partial charge in [-0.1, -0.05) is 26.0 Å². The second kappa shape index (κ2) is 10.0. The third-order valence-corrected chi connectivity index (χ3v) is 3.80. The van der Waals surface area contributed by atoms with Gasteiger partial charge in [0.2, 0.25) is 0 Å². The Labute approximate surface area is 175 Å². The molecule has 0 spiro atoms. The number of fused-ring (bicyclic) bond motifs is 1. The van der Waals surface area contributed by atoms with Crippen LogP contribution in [-0.2, 0) is 25.4 Å². The highest BCUT2D eigenvalue weighted by molar-refractivity contribution is 5.88. The lowest BCUT2D eigenvalue weighted by molar-refractivity contribution is -0.142. The van der Waals surface area contributed by atoms with E-state index in [2.05, 4.69) is 10.3 Å². The van der Waals surface area contributed by atoms with E-state index in [9.17, 15) is 14.4 Å². The molecule has 8 heteroatoms. The number of carbonyl (C=O) groups excluding carboxylic acids is 3. The number of ether oxygens (including phenoxy) is 3. The highest BCUT2D eigenvalue weighted by atomic mass is 16.7. The molecule has 0 saturated heterocycles. The van der Waals surface area contributed by atoms with Crippen molar-refractivity contribution in [2.45, 2.75) is 52.7 Å². The Morgan fingerprint density at radius 2 is 1.87 bits per heavy atom. The molecule has 0 radical (unpaired) electrons. The molecular weight excluding hydrogens is 388 g/mol. The highest BCUT2D eigenvalue weighted by Gasteiger charge is 2.28. The molecule has 2 aromatic rings. The van der Waals surface area contributed by atoms with Crippen molar-refractivity contribution in [3.05, 3.63) is 42.1 Å². The number of rotatable bonds is 6. The van der Waals surface area contributed by atoms with Crippen LogP contribution in [-0.4, -0.2) is 41.5 Å². The van der Waals surface area contributed by atoms with E-state index >= 15 is 0 Å². The van der Waals surface area contributed by atoms with Crippen molar-refractivity contribution in [3.8, 4) is 0 Å². The molecule has 0 saturated carbocycles. The van der Waals surface area contributed by atoms with Gasteiger partial charge in [-0.15, -0.1) is 0 Å². The van der Waals surface area contributed by atoms with Crippen LogP contribution in [0, 0.1) is 5.92 Å². The molecule has 1 amide bonds. The van der Waals surface area contributed by atoms with Crippen LogP contribution in [0.25, 0.3) is 10.9 Å². The molecule has 1 atom stereocenters. The molecule has 1 aromatic carbocycles. The van der Waals surface area contributed by atoms with Gasteiger partial charge in [0.1, 0.15) is 11.6 Å². The number of aromatic nitrogens is 1. The van der Waals surface area contributed by atoms with E-state index in [1.54, 1.807) is 33.0 Å². The summed E-state index contributed by atoms with van der Waals surface area (Å²) in [6.45, 7) is 8.96. The molecule has 8 nitrogen and oxygen atoms in total. The van der Waals surface area contributed by atoms with Gasteiger partial charge in [-0.05, 0) is 50.5 Å². The number of nitrogens with one attached hydrogen (secondary N) is 1. The van der Waals surface area contributed by atoms with Gasteiger partial charge in [0.15, 0.2) is 0 Å². The number of esters is 1. The standard InChI is InChI=1S/C22H28N2O6/c1-14(2)13-28-21(27)29-19(25)18(24-20(26)30-22(3,4)5)12-15-8-9-17-16(11-15)7-6-10-23-17/h6-11,14,18H,12-13H2,1-5H3,(H,24,26)/t18-/m0/s1. The Balaban J connectivity index is 2.15. The molecule has 162 valence electrons. The average Bonchev–Trinajstić information content (AvgIpc) is 2.64. The lowest BCUT2D eigenvalue weighted by Gasteiger charge is -2.22. The van der Waals surface area contributed by atoms with Crippen molar-refractivity contribution in [3.63, 3.8) is 0 Å². The van der Waals surface area contributed by atoms with Gasteiger partial charge in [-0.25, -0.2) is 14.4 Å². The van der Waals surface area contributed by atoms with Gasteiger partial charge in [0, 0.05) is 18.0 Å². The first-order chi connectivity index (χ1) is 14.0. The van der Waals surface area contributed by atoms with Crippen LogP contribution in [0.2, 0.25) is 0 Å². The van der Waals surface area contributed by atoms with Crippen molar-refractivity contribution < 1.29 is 28.6 Å². The van der Waals surface area contributed by atoms with Crippen LogP contribution < -0.4 is 5.32 Å². The summed E-state index contributed by atoms with van der Waals surface area (Å²) in [4.78, 5) is 40.8. The minimum Gasteiger partial charge on any atom is -0.444 e. The maximum Gasteiger partial charge on any atom is 0.516 e. The van der Waals surface area contributed by atoms with Crippen molar-refractivity contribution in [2.24, 2.45) is 5.92 Å². The SMILES string of the molecule is CC(C)COC(=O)OC(=O)[C@H](Cc1ccc2ncccc2c1)NC(=O)OC(C)(C)C. The Kier molecular flexibility index (Phi) is 7.74. The predicted octanol–water partition coefficient (Wildman–Crippen LogP) is 4.01. The van der Waals surface area contributed by atoms with E-state index in [-0.39, 0.29) is 18.9 Å². The number of hydrogen-bond donors (Lipinski definition) is 1. The van der Waals surface area contributed by atoms with Gasteiger partial charge in [0.25, 0.3) is 0 Å². The van der Waals surface area contributed by atoms with Gasteiger partial charge >= 0.3 is 18.2 Å². The fraction of sp³-hybridized carbons (Fsp3) is 0.455. The second-order valence-corrected chi connectivity index (χ2v) is 8.31. The van der Waals surface area contributed by atoms with Crippen LogP contribution in [0.15, 0.2) is 36.5 Å². The van der Waals surface area contributed by atoms with Crippen LogP contribution in [0.3, 0.4) is 0 Å². The molecule has 0 fully saturated rings. The molecule has 1 N–H and O–H groups in total. The Morgan fingerprint density at radius 1 is 1.13 bits per heavy atom. The second-order valence-electron chi connectivity index (χ2n) is 8.31. The summed E-state index contributed by atoms with van der Waals surface area (Å²) in [6, 6.07) is 8.03. The molecule has 2 rings (SSSR count). The zero-order chi connectivity index (χ0) is 22.3. The molecular formula is C22H28N2O6. The van der Waals surface area contributed by atoms with Crippen molar-refractivity contribution in [1.82, 2.24) is 10.3 Å². The molecule has 0 bridgehead atoms. The minimum absolute atomic E-state index is 0.0922. The highest BCUT2D eigenvalue weighted by Crippen LogP contribution is 2.16. The number of amides is 1. The third kappa shape index (κ3) is 7.69. The zero-order valence-corrected chi connectivity index (χ0v) is 17.9. The molecule has 0 aliphatic heterocycles. The first-order valence-corrected chi connectivity index (χ1v) is 9.75. The lowest BCUT2D eigenvalue weighted by Crippen LogP contribution is -2.46. The molecule has 0 aliphatic carbocycles. The first kappa shape index (κ1) is 23.1. The van der Waals surface area contributed by atoms with E-state index in [4.69, 9.17) is 14.2 Å². The number of hydrogen-bond acceptors (Lipinski definition) is 7. The van der Waals surface area contributed by atoms with Crippen LogP contribution in [0.1, 0.15) is 40.2 Å². The van der Waals surface area contributed by atoms with Crippen molar-refractivity contribution >= 4 is 29.1 Å². The fourth-order valence-corrected chi connectivity index (χ4v) is 2.55. The van der Waals surface area contributed by atoms with Crippen molar-refractivity contribution in [2.75, 3.05) is 6.61 Å². The Bertz CT molecular complexity index is 904. The van der Waals surface area contributed by atoms with E-state index in [0.29, 0.717) is 0 Å². The summed E-state index contributed by atoms with van der Waals surface area (Å²) < 4.78 is 14.9. The summed E-state index contributed by atoms with van der Waals surface area (Å²) in [5, 5.41) is 3.37. The normalized spacial score (nSPS) is 12.3. The fourth-order valence-electron chi connectivity index (χ4n) is 2.55. The molecule has 0 unspecified atom stereocenters. The summed E-state index contributed by atoms with van der Waals surface area (Å²) in [5.74, 6) is -0.838. The van der Waals surface area contributed by atoms with E-state index < -0.39 is 29.9 Å². The summed E-state index contributed by atoms with van der Waals surface area (Å²) >= 11 is 0. The largest absolute Gasteiger partial charge is 0.516 e. The molecule has 0 aliphatic rings. The smallest absolute Gasteiger partial charge is 0.444 e. The third-order valence-electron chi connectivity index (χ3n) is 3.80. The van der Waals surface area contributed by atoms with Crippen molar-refractivity contribution in [1.29, 1.82) is 0 Å². The number of alkyl carbamates (subject to hydrolysis) is 1. The molecule has 1 aromatic heterocycles. The van der Waals surface area contributed by atoms with Gasteiger partial charge in [-0.3, -0.25) is 4.98 Å². The van der Waals surface area contributed by atoms with Crippen LogP contribution in [0.4, 0.5) is 9.59 Å². The number of nitrogens with zero attached hydrogens (tertiary/aromatic N) is 1. The Morgan fingerprint density at radius 3 is 2.53 bits per heavy atom. The monoisotopic (exact) mass is 416 g/mol. The maximum absolute atomic E-state index is 12.6. The molecule has 30 heavy (non-hydrogen) atoms. The number of pyridine rings is 1. The van der Waals surface area contributed by atoms with Gasteiger partial charge in [-0.2, -0.15) is 0 Å². The summed E-state index contributed by atoms with van der Waals surface area (Å²) in [6.07, 6.45) is -0.107. The Hall–Kier alpha value is -3.16. The first-order valence-electron chi connectivity index (χ1n) is 9.75. The van der Waals surface area contributed by atoms with Gasteiger partial charge < -0.3 is 19.5 Å². The predicted molar refractivity (Wildman–Crippen MR) is 111 cm³/mol. The lowest BCUT2D eigenvalue weighted by atomic mass is 10.0. The van der Waals surface area contributed by atoms with Crippen LogP contribution >= 0.6 is 0 Å². The number of carbonyl (C=O) groups is 3.